The fourth-order valence-corrected chi connectivity index (χ4v) is 5.36. The molecule has 146 valence electrons. The second-order valence-electron chi connectivity index (χ2n) is 5.53. The predicted octanol–water partition coefficient (Wildman–Crippen LogP) is 5.48. The Bertz CT molecular complexity index is 948. The molecule has 1 heterocycles. The zero-order chi connectivity index (χ0) is 19.9. The van der Waals surface area contributed by atoms with Crippen LogP contribution in [0.5, 0.6) is 11.5 Å². The second-order valence-corrected chi connectivity index (χ2v) is 9.36. The van der Waals surface area contributed by atoms with E-state index in [1.807, 2.05) is 24.3 Å². The minimum absolute atomic E-state index is 0.0165. The zero-order valence-electron chi connectivity index (χ0n) is 15.2. The summed E-state index contributed by atoms with van der Waals surface area (Å²) in [6, 6.07) is 13.0. The summed E-state index contributed by atoms with van der Waals surface area (Å²) < 4.78 is 11.9. The van der Waals surface area contributed by atoms with Crippen molar-refractivity contribution < 1.29 is 14.3 Å². The van der Waals surface area contributed by atoms with E-state index in [0.717, 1.165) is 20.2 Å². The third kappa shape index (κ3) is 5.64. The van der Waals surface area contributed by atoms with Crippen molar-refractivity contribution in [2.75, 3.05) is 20.0 Å². The smallest absolute Gasteiger partial charge is 0.175 e. The minimum Gasteiger partial charge on any atom is -0.497 e. The van der Waals surface area contributed by atoms with Crippen LogP contribution < -0.4 is 9.47 Å². The lowest BCUT2D eigenvalue weighted by Crippen LogP contribution is -2.02. The molecule has 0 N–H and O–H groups in total. The maximum atomic E-state index is 12.4. The van der Waals surface area contributed by atoms with E-state index in [1.165, 1.54) is 35.8 Å². The summed E-state index contributed by atoms with van der Waals surface area (Å²) in [5.74, 6) is 2.45. The Morgan fingerprint density at radius 3 is 2.39 bits per heavy atom. The highest BCUT2D eigenvalue weighted by Crippen LogP contribution is 2.32. The summed E-state index contributed by atoms with van der Waals surface area (Å²) in [7, 11) is 3.19. The van der Waals surface area contributed by atoms with E-state index in [4.69, 9.17) is 21.1 Å². The highest BCUT2D eigenvalue weighted by Gasteiger charge is 2.12. The van der Waals surface area contributed by atoms with Crippen LogP contribution in [0.4, 0.5) is 0 Å². The van der Waals surface area contributed by atoms with Gasteiger partial charge in [0.05, 0.1) is 25.0 Å². The molecular formula is C19H17ClN2O3S3. The van der Waals surface area contributed by atoms with Crippen molar-refractivity contribution >= 4 is 52.2 Å². The number of ether oxygens (including phenoxy) is 2. The lowest BCUT2D eigenvalue weighted by atomic mass is 10.1. The van der Waals surface area contributed by atoms with E-state index in [1.54, 1.807) is 37.1 Å². The fraction of sp³-hybridized carbons (Fsp3) is 0.211. The number of hydrogen-bond acceptors (Lipinski definition) is 8. The van der Waals surface area contributed by atoms with Crippen molar-refractivity contribution in [3.8, 4) is 11.5 Å². The molecule has 0 atom stereocenters. The molecule has 3 aromatic rings. The van der Waals surface area contributed by atoms with Crippen molar-refractivity contribution in [3.05, 3.63) is 58.6 Å². The molecule has 0 aliphatic rings. The molecule has 0 unspecified atom stereocenters. The first-order chi connectivity index (χ1) is 13.6. The summed E-state index contributed by atoms with van der Waals surface area (Å²) in [5.41, 5.74) is 1.73. The van der Waals surface area contributed by atoms with Gasteiger partial charge in [0, 0.05) is 11.3 Å². The maximum absolute atomic E-state index is 12.4. The van der Waals surface area contributed by atoms with Gasteiger partial charge in [-0.3, -0.25) is 4.79 Å². The van der Waals surface area contributed by atoms with Crippen LogP contribution in [-0.2, 0) is 5.75 Å². The number of aromatic nitrogens is 2. The number of halogens is 1. The third-order valence-electron chi connectivity index (χ3n) is 3.71. The molecule has 0 saturated heterocycles. The molecule has 28 heavy (non-hydrogen) atoms. The molecular weight excluding hydrogens is 436 g/mol. The van der Waals surface area contributed by atoms with Crippen LogP contribution >= 0.6 is 46.5 Å². The largest absolute Gasteiger partial charge is 0.497 e. The predicted molar refractivity (Wildman–Crippen MR) is 116 cm³/mol. The number of thioether (sulfide) groups is 2. The number of carbonyl (C=O) groups excluding carboxylic acids is 1. The third-order valence-corrected chi connectivity index (χ3v) is 7.27. The summed E-state index contributed by atoms with van der Waals surface area (Å²) in [6.45, 7) is 0. The van der Waals surface area contributed by atoms with Crippen molar-refractivity contribution in [3.63, 3.8) is 0 Å². The number of hydrogen-bond donors (Lipinski definition) is 0. The highest BCUT2D eigenvalue weighted by atomic mass is 35.5. The van der Waals surface area contributed by atoms with E-state index in [9.17, 15) is 4.79 Å². The number of methoxy groups -OCH3 is 2. The molecule has 2 aromatic carbocycles. The Morgan fingerprint density at radius 2 is 1.75 bits per heavy atom. The minimum atomic E-state index is -0.0165. The van der Waals surface area contributed by atoms with Crippen LogP contribution in [-0.4, -0.2) is 36.0 Å². The molecule has 9 heteroatoms. The molecule has 0 amide bonds. The number of benzene rings is 2. The van der Waals surface area contributed by atoms with Crippen molar-refractivity contribution in [2.24, 2.45) is 0 Å². The lowest BCUT2D eigenvalue weighted by molar-refractivity contribution is 0.102. The molecule has 0 aliphatic carbocycles. The normalized spacial score (nSPS) is 10.7. The Morgan fingerprint density at radius 1 is 1.04 bits per heavy atom. The fourth-order valence-electron chi connectivity index (χ4n) is 2.23. The van der Waals surface area contributed by atoms with Gasteiger partial charge in [0.1, 0.15) is 11.5 Å². The average Bonchev–Trinajstić information content (AvgIpc) is 3.18. The number of rotatable bonds is 9. The number of Topliss-reactive ketones (excluding diaryl/α,β-unsaturated/α-hetero) is 1. The summed E-state index contributed by atoms with van der Waals surface area (Å²) in [5, 5.41) is 8.77. The molecule has 0 bridgehead atoms. The number of ketones is 1. The first-order valence-corrected chi connectivity index (χ1v) is 11.3. The van der Waals surface area contributed by atoms with E-state index in [-0.39, 0.29) is 11.5 Å². The Kier molecular flexibility index (Phi) is 7.61. The van der Waals surface area contributed by atoms with Crippen LogP contribution in [0.2, 0.25) is 5.02 Å². The number of carbonyl (C=O) groups is 1. The van der Waals surface area contributed by atoms with Gasteiger partial charge in [0.2, 0.25) is 0 Å². The standard InChI is InChI=1S/C19H17ClN2O3S3/c1-24-14-6-3-12(4-7-14)10-26-18-21-22-19(28-18)27-11-16(23)13-5-8-17(25-2)15(20)9-13/h3-9H,10-11H2,1-2H3. The molecule has 0 spiro atoms. The number of nitrogens with zero attached hydrogens (tertiary/aromatic N) is 2. The topological polar surface area (TPSA) is 61.3 Å². The quantitative estimate of drug-likeness (QED) is 0.315. The van der Waals surface area contributed by atoms with Gasteiger partial charge in [-0.2, -0.15) is 0 Å². The average molecular weight is 453 g/mol. The molecule has 0 radical (unpaired) electrons. The van der Waals surface area contributed by atoms with Gasteiger partial charge in [0.25, 0.3) is 0 Å². The van der Waals surface area contributed by atoms with Crippen LogP contribution in [0.15, 0.2) is 51.1 Å². The maximum Gasteiger partial charge on any atom is 0.175 e. The van der Waals surface area contributed by atoms with Gasteiger partial charge in [-0.25, -0.2) is 0 Å². The summed E-state index contributed by atoms with van der Waals surface area (Å²) >= 11 is 10.6. The van der Waals surface area contributed by atoms with Crippen LogP contribution in [0.1, 0.15) is 15.9 Å². The van der Waals surface area contributed by atoms with E-state index < -0.39 is 0 Å². The molecule has 1 aromatic heterocycles. The van der Waals surface area contributed by atoms with Gasteiger partial charge < -0.3 is 9.47 Å². The molecule has 0 saturated carbocycles. The molecule has 0 fully saturated rings. The van der Waals surface area contributed by atoms with Gasteiger partial charge in [-0.1, -0.05) is 58.6 Å². The Balaban J connectivity index is 1.51. The Hall–Kier alpha value is -1.74. The summed E-state index contributed by atoms with van der Waals surface area (Å²) in [4.78, 5) is 12.4. The second kappa shape index (κ2) is 10.2. The van der Waals surface area contributed by atoms with Gasteiger partial charge in [-0.05, 0) is 35.9 Å². The lowest BCUT2D eigenvalue weighted by Gasteiger charge is -2.04. The molecule has 3 rings (SSSR count). The monoisotopic (exact) mass is 452 g/mol. The molecule has 5 nitrogen and oxygen atoms in total. The van der Waals surface area contributed by atoms with Crippen molar-refractivity contribution in [1.82, 2.24) is 10.2 Å². The van der Waals surface area contributed by atoms with Gasteiger partial charge in [-0.15, -0.1) is 10.2 Å². The van der Waals surface area contributed by atoms with Crippen molar-refractivity contribution in [2.45, 2.75) is 14.4 Å². The first-order valence-electron chi connectivity index (χ1n) is 8.18. The van der Waals surface area contributed by atoms with Crippen LogP contribution in [0.3, 0.4) is 0 Å². The molecule has 0 aliphatic heterocycles. The van der Waals surface area contributed by atoms with E-state index in [2.05, 4.69) is 10.2 Å². The summed E-state index contributed by atoms with van der Waals surface area (Å²) in [6.07, 6.45) is 0. The Labute approximate surface area is 180 Å². The van der Waals surface area contributed by atoms with E-state index in [0.29, 0.717) is 16.3 Å². The van der Waals surface area contributed by atoms with Crippen LogP contribution in [0, 0.1) is 0 Å². The van der Waals surface area contributed by atoms with Gasteiger partial charge in [0.15, 0.2) is 14.5 Å². The van der Waals surface area contributed by atoms with Gasteiger partial charge >= 0.3 is 0 Å². The first kappa shape index (κ1) is 21.0. The SMILES string of the molecule is COc1ccc(CSc2nnc(SCC(=O)c3ccc(OC)c(Cl)c3)s2)cc1. The zero-order valence-corrected chi connectivity index (χ0v) is 18.4. The van der Waals surface area contributed by atoms with E-state index >= 15 is 0 Å². The highest BCUT2D eigenvalue weighted by molar-refractivity contribution is 8.03. The van der Waals surface area contributed by atoms with Crippen LogP contribution in [0.25, 0.3) is 0 Å². The van der Waals surface area contributed by atoms with Crippen molar-refractivity contribution in [1.29, 1.82) is 0 Å².